The van der Waals surface area contributed by atoms with Crippen LogP contribution in [0.15, 0.2) is 69.1 Å². The molecule has 0 aliphatic carbocycles. The van der Waals surface area contributed by atoms with Gasteiger partial charge in [0.25, 0.3) is 5.22 Å². The third-order valence-corrected chi connectivity index (χ3v) is 4.94. The van der Waals surface area contributed by atoms with Crippen molar-refractivity contribution in [2.75, 3.05) is 6.26 Å². The van der Waals surface area contributed by atoms with E-state index in [4.69, 9.17) is 9.56 Å². The molecular weight excluding hydrogens is 348 g/mol. The second-order valence-corrected chi connectivity index (χ2v) is 7.87. The fourth-order valence-corrected chi connectivity index (χ4v) is 3.14. The van der Waals surface area contributed by atoms with E-state index >= 15 is 0 Å². The van der Waals surface area contributed by atoms with Gasteiger partial charge in [0.05, 0.1) is 4.90 Å². The highest BCUT2D eigenvalue weighted by Crippen LogP contribution is 2.33. The second-order valence-electron chi connectivity index (χ2n) is 5.05. The summed E-state index contributed by atoms with van der Waals surface area (Å²) < 4.78 is 40.1. The van der Waals surface area contributed by atoms with Crippen LogP contribution < -0.4 is 5.14 Å². The molecule has 0 saturated heterocycles. The molecule has 0 saturated carbocycles. The minimum atomic E-state index is -3.77. The van der Waals surface area contributed by atoms with Crippen molar-refractivity contribution >= 4 is 20.8 Å². The minimum absolute atomic E-state index is 0.00585. The average Bonchev–Trinajstić information content (AvgIpc) is 3.00. The predicted octanol–water partition coefficient (Wildman–Crippen LogP) is 2.39. The van der Waals surface area contributed by atoms with Gasteiger partial charge in [-0.3, -0.25) is 0 Å². The van der Waals surface area contributed by atoms with E-state index in [9.17, 15) is 12.6 Å². The largest absolute Gasteiger partial charge is 0.429 e. The first kappa shape index (κ1) is 16.6. The van der Waals surface area contributed by atoms with Crippen LogP contribution in [-0.2, 0) is 20.8 Å². The third kappa shape index (κ3) is 3.30. The fraction of sp³-hybridized carbons (Fsp3) is 0.0625. The van der Waals surface area contributed by atoms with Crippen LogP contribution in [0.4, 0.5) is 0 Å². The first-order valence-electron chi connectivity index (χ1n) is 6.89. The third-order valence-electron chi connectivity index (χ3n) is 3.35. The number of rotatable bonds is 4. The molecule has 2 aromatic carbocycles. The molecule has 0 fully saturated rings. The Balaban J connectivity index is 2.15. The summed E-state index contributed by atoms with van der Waals surface area (Å²) in [5, 5.41) is 5.22. The van der Waals surface area contributed by atoms with Crippen molar-refractivity contribution in [2.45, 2.75) is 10.1 Å². The number of oxazole rings is 1. The van der Waals surface area contributed by atoms with Crippen molar-refractivity contribution in [1.82, 2.24) is 4.98 Å². The van der Waals surface area contributed by atoms with Crippen molar-refractivity contribution in [3.05, 3.63) is 54.6 Å². The van der Waals surface area contributed by atoms with Crippen molar-refractivity contribution < 1.29 is 17.0 Å². The topological polar surface area (TPSA) is 103 Å². The van der Waals surface area contributed by atoms with Crippen LogP contribution in [0.1, 0.15) is 0 Å². The number of sulfonamides is 1. The minimum Gasteiger partial charge on any atom is -0.429 e. The van der Waals surface area contributed by atoms with Crippen LogP contribution in [0, 0.1) is 0 Å². The van der Waals surface area contributed by atoms with Gasteiger partial charge in [-0.05, 0) is 24.3 Å². The van der Waals surface area contributed by atoms with Gasteiger partial charge in [-0.1, -0.05) is 30.3 Å². The highest BCUT2D eigenvalue weighted by atomic mass is 32.2. The molecule has 6 nitrogen and oxygen atoms in total. The highest BCUT2D eigenvalue weighted by Gasteiger charge is 2.19. The lowest BCUT2D eigenvalue weighted by Crippen LogP contribution is -2.11. The summed E-state index contributed by atoms with van der Waals surface area (Å²) in [5.41, 5.74) is 1.97. The van der Waals surface area contributed by atoms with Crippen LogP contribution in [-0.4, -0.2) is 23.9 Å². The van der Waals surface area contributed by atoms with E-state index < -0.39 is 20.8 Å². The zero-order valence-corrected chi connectivity index (χ0v) is 14.3. The number of hydrogen-bond acceptors (Lipinski definition) is 5. The monoisotopic (exact) mass is 362 g/mol. The average molecular weight is 362 g/mol. The lowest BCUT2D eigenvalue weighted by Gasteiger charge is -2.03. The van der Waals surface area contributed by atoms with Gasteiger partial charge in [-0.25, -0.2) is 22.7 Å². The summed E-state index contributed by atoms with van der Waals surface area (Å²) in [4.78, 5) is 4.32. The molecule has 0 aliphatic rings. The summed E-state index contributed by atoms with van der Waals surface area (Å²) in [6.07, 6.45) is 1.48. The number of nitrogens with zero attached hydrogens (tertiary/aromatic N) is 1. The SMILES string of the molecule is CS(=O)c1nc(-c2ccccc2)c(-c2ccc(S(N)(=O)=O)cc2)o1. The van der Waals surface area contributed by atoms with E-state index in [1.54, 1.807) is 12.1 Å². The molecule has 2 N–H and O–H groups in total. The zero-order chi connectivity index (χ0) is 17.3. The zero-order valence-electron chi connectivity index (χ0n) is 12.7. The van der Waals surface area contributed by atoms with Gasteiger partial charge in [0.15, 0.2) is 5.76 Å². The molecule has 1 unspecified atom stereocenters. The normalized spacial score (nSPS) is 12.9. The molecule has 0 aliphatic heterocycles. The Morgan fingerprint density at radius 2 is 1.62 bits per heavy atom. The number of benzene rings is 2. The van der Waals surface area contributed by atoms with E-state index in [2.05, 4.69) is 4.98 Å². The lowest BCUT2D eigenvalue weighted by atomic mass is 10.1. The molecule has 0 radical (unpaired) electrons. The maximum Gasteiger partial charge on any atom is 0.287 e. The highest BCUT2D eigenvalue weighted by molar-refractivity contribution is 7.89. The molecule has 3 aromatic rings. The van der Waals surface area contributed by atoms with E-state index in [0.29, 0.717) is 17.0 Å². The number of aromatic nitrogens is 1. The molecule has 3 rings (SSSR count). The van der Waals surface area contributed by atoms with Gasteiger partial charge < -0.3 is 4.42 Å². The Kier molecular flexibility index (Phi) is 4.35. The van der Waals surface area contributed by atoms with Crippen molar-refractivity contribution in [3.63, 3.8) is 0 Å². The predicted molar refractivity (Wildman–Crippen MR) is 91.1 cm³/mol. The summed E-state index contributed by atoms with van der Waals surface area (Å²) in [6.45, 7) is 0. The molecule has 1 atom stereocenters. The van der Waals surface area contributed by atoms with Gasteiger partial charge in [0.2, 0.25) is 10.0 Å². The van der Waals surface area contributed by atoms with Crippen molar-refractivity contribution in [3.8, 4) is 22.6 Å². The van der Waals surface area contributed by atoms with Crippen LogP contribution in [0.2, 0.25) is 0 Å². The summed E-state index contributed by atoms with van der Waals surface area (Å²) in [6, 6.07) is 15.3. The second kappa shape index (κ2) is 6.31. The van der Waals surface area contributed by atoms with Crippen LogP contribution >= 0.6 is 0 Å². The Morgan fingerprint density at radius 1 is 1.00 bits per heavy atom. The van der Waals surface area contributed by atoms with Crippen LogP contribution in [0.3, 0.4) is 0 Å². The number of nitrogens with two attached hydrogens (primary N) is 1. The smallest absolute Gasteiger partial charge is 0.287 e. The molecule has 0 amide bonds. The molecule has 1 aromatic heterocycles. The summed E-state index contributed by atoms with van der Waals surface area (Å²) in [7, 11) is -5.15. The van der Waals surface area contributed by atoms with Crippen molar-refractivity contribution in [2.24, 2.45) is 5.14 Å². The molecule has 8 heteroatoms. The van der Waals surface area contributed by atoms with Gasteiger partial charge in [0.1, 0.15) is 16.5 Å². The molecule has 24 heavy (non-hydrogen) atoms. The van der Waals surface area contributed by atoms with Crippen LogP contribution in [0.5, 0.6) is 0 Å². The molecule has 1 heterocycles. The van der Waals surface area contributed by atoms with Gasteiger partial charge >= 0.3 is 0 Å². The lowest BCUT2D eigenvalue weighted by molar-refractivity contribution is 0.457. The Morgan fingerprint density at radius 3 is 2.17 bits per heavy atom. The van der Waals surface area contributed by atoms with E-state index in [1.165, 1.54) is 18.4 Å². The Bertz CT molecular complexity index is 994. The summed E-state index contributed by atoms with van der Waals surface area (Å²) >= 11 is 0. The van der Waals surface area contributed by atoms with Gasteiger partial charge in [0, 0.05) is 17.4 Å². The number of primary sulfonamides is 1. The molecule has 0 bridgehead atoms. The maximum atomic E-state index is 11.7. The molecule has 124 valence electrons. The van der Waals surface area contributed by atoms with Crippen molar-refractivity contribution in [1.29, 1.82) is 0 Å². The Hall–Kier alpha value is -2.29. The Labute approximate surface area is 141 Å². The first-order chi connectivity index (χ1) is 11.4. The van der Waals surface area contributed by atoms with E-state index in [-0.39, 0.29) is 10.1 Å². The number of hydrogen-bond donors (Lipinski definition) is 1. The quantitative estimate of drug-likeness (QED) is 0.767. The maximum absolute atomic E-state index is 11.7. The van der Waals surface area contributed by atoms with Crippen LogP contribution in [0.25, 0.3) is 22.6 Å². The molecule has 0 spiro atoms. The standard InChI is InChI=1S/C16H14N2O4S2/c1-23(19)16-18-14(11-5-3-2-4-6-11)15(22-16)12-7-9-13(10-8-12)24(17,20)21/h2-10H,1H3,(H2,17,20,21). The summed E-state index contributed by atoms with van der Waals surface area (Å²) in [5.74, 6) is 0.423. The van der Waals surface area contributed by atoms with Gasteiger partial charge in [-0.15, -0.1) is 0 Å². The van der Waals surface area contributed by atoms with E-state index in [1.807, 2.05) is 30.3 Å². The van der Waals surface area contributed by atoms with E-state index in [0.717, 1.165) is 5.56 Å². The van der Waals surface area contributed by atoms with Gasteiger partial charge in [-0.2, -0.15) is 0 Å². The molecular formula is C16H14N2O4S2. The fourth-order valence-electron chi connectivity index (χ4n) is 2.21. The first-order valence-corrected chi connectivity index (χ1v) is 9.99.